The number of nitrogens with zero attached hydrogens (tertiary/aromatic N) is 3. The molecule has 1 unspecified atom stereocenters. The minimum atomic E-state index is -3.15. The van der Waals surface area contributed by atoms with Crippen molar-refractivity contribution in [3.63, 3.8) is 0 Å². The first kappa shape index (κ1) is 23.3. The monoisotopic (exact) mass is 507 g/mol. The van der Waals surface area contributed by atoms with E-state index >= 15 is 4.39 Å². The van der Waals surface area contributed by atoms with Gasteiger partial charge in [0.2, 0.25) is 5.91 Å². The molecule has 1 aromatic carbocycles. The van der Waals surface area contributed by atoms with E-state index in [0.29, 0.717) is 22.0 Å². The summed E-state index contributed by atoms with van der Waals surface area (Å²) in [6, 6.07) is 4.90. The van der Waals surface area contributed by atoms with Gasteiger partial charge in [-0.2, -0.15) is 10.2 Å². The minimum Gasteiger partial charge on any atom is -0.309 e. The molecule has 35 heavy (non-hydrogen) atoms. The Bertz CT molecular complexity index is 1480. The van der Waals surface area contributed by atoms with E-state index in [1.165, 1.54) is 17.6 Å². The van der Waals surface area contributed by atoms with Crippen LogP contribution in [0.2, 0.25) is 5.02 Å². The molecule has 0 saturated heterocycles. The van der Waals surface area contributed by atoms with Crippen LogP contribution in [-0.2, 0) is 9.59 Å². The average molecular weight is 508 g/mol. The van der Waals surface area contributed by atoms with Crippen LogP contribution in [0.25, 0.3) is 27.5 Å². The molecule has 12 heteroatoms. The molecule has 0 bridgehead atoms. The second-order valence-corrected chi connectivity index (χ2v) is 8.99. The number of anilines is 1. The molecule has 3 atom stereocenters. The van der Waals surface area contributed by atoms with E-state index < -0.39 is 48.4 Å². The molecule has 4 aromatic rings. The van der Waals surface area contributed by atoms with Gasteiger partial charge in [0.15, 0.2) is 11.6 Å². The van der Waals surface area contributed by atoms with Crippen LogP contribution in [0.15, 0.2) is 30.6 Å². The van der Waals surface area contributed by atoms with Gasteiger partial charge < -0.3 is 5.32 Å². The van der Waals surface area contributed by atoms with Crippen molar-refractivity contribution in [1.82, 2.24) is 19.8 Å². The fourth-order valence-corrected chi connectivity index (χ4v) is 4.55. The summed E-state index contributed by atoms with van der Waals surface area (Å²) in [7, 11) is 0. The number of carbonyl (C=O) groups excluding carboxylic acids is 2. The van der Waals surface area contributed by atoms with Crippen LogP contribution in [0.3, 0.4) is 0 Å². The highest BCUT2D eigenvalue weighted by Crippen LogP contribution is 2.42. The maximum absolute atomic E-state index is 15.5. The molecule has 0 spiro atoms. The maximum Gasteiger partial charge on any atom is 0.296 e. The number of ketones is 1. The lowest BCUT2D eigenvalue weighted by Crippen LogP contribution is -2.15. The van der Waals surface area contributed by atoms with Crippen molar-refractivity contribution in [3.8, 4) is 11.1 Å². The van der Waals surface area contributed by atoms with Crippen LogP contribution in [0.1, 0.15) is 31.2 Å². The molecular weight excluding hydrogens is 490 g/mol. The average Bonchev–Trinajstić information content (AvgIpc) is 3.17. The summed E-state index contributed by atoms with van der Waals surface area (Å²) in [4.78, 5) is 23.6. The Morgan fingerprint density at radius 2 is 2.09 bits per heavy atom. The smallest absolute Gasteiger partial charge is 0.296 e. The normalized spacial score (nSPS) is 18.4. The van der Waals surface area contributed by atoms with Gasteiger partial charge in [-0.15, -0.1) is 0 Å². The number of hydrogen-bond acceptors (Lipinski definition) is 4. The van der Waals surface area contributed by atoms with Crippen molar-refractivity contribution in [3.05, 3.63) is 47.0 Å². The highest BCUT2D eigenvalue weighted by Gasteiger charge is 2.43. The molecule has 0 aliphatic heterocycles. The van der Waals surface area contributed by atoms with Gasteiger partial charge in [-0.25, -0.2) is 22.1 Å². The number of pyridine rings is 1. The first-order valence-electron chi connectivity index (χ1n) is 10.7. The molecule has 5 rings (SSSR count). The highest BCUT2D eigenvalue weighted by molar-refractivity contribution is 6.35. The number of hydrogen-bond donors (Lipinski definition) is 2. The first-order chi connectivity index (χ1) is 16.7. The van der Waals surface area contributed by atoms with Crippen LogP contribution < -0.4 is 5.32 Å². The molecule has 0 radical (unpaired) electrons. The Morgan fingerprint density at radius 1 is 1.34 bits per heavy atom. The number of H-pyrrole nitrogens is 1. The van der Waals surface area contributed by atoms with Gasteiger partial charge in [-0.1, -0.05) is 18.5 Å². The van der Waals surface area contributed by atoms with Crippen molar-refractivity contribution < 1.29 is 27.2 Å². The van der Waals surface area contributed by atoms with Gasteiger partial charge in [-0.3, -0.25) is 14.7 Å². The van der Waals surface area contributed by atoms with Gasteiger partial charge >= 0.3 is 0 Å². The topological polar surface area (TPSA) is 92.2 Å². The molecule has 1 saturated carbocycles. The molecule has 182 valence electrons. The number of alkyl halides is 3. The lowest BCUT2D eigenvalue weighted by molar-refractivity contribution is -0.129. The summed E-state index contributed by atoms with van der Waals surface area (Å²) >= 11 is 6.43. The van der Waals surface area contributed by atoms with Crippen molar-refractivity contribution in [2.45, 2.75) is 38.3 Å². The minimum absolute atomic E-state index is 0.00178. The lowest BCUT2D eigenvalue weighted by Gasteiger charge is -2.17. The summed E-state index contributed by atoms with van der Waals surface area (Å²) in [6.07, 6.45) is -1.61. The van der Waals surface area contributed by atoms with Crippen LogP contribution >= 0.6 is 11.6 Å². The Labute approximate surface area is 200 Å². The number of fused-ring (bicyclic) bond motifs is 2. The third-order valence-electron chi connectivity index (χ3n) is 6.12. The number of aromatic nitrogens is 4. The molecule has 1 amide bonds. The van der Waals surface area contributed by atoms with E-state index in [1.807, 2.05) is 0 Å². The zero-order valence-corrected chi connectivity index (χ0v) is 18.9. The summed E-state index contributed by atoms with van der Waals surface area (Å²) < 4.78 is 55.6. The molecule has 7 nitrogen and oxygen atoms in total. The van der Waals surface area contributed by atoms with Gasteiger partial charge in [0, 0.05) is 35.2 Å². The van der Waals surface area contributed by atoms with Crippen molar-refractivity contribution in [1.29, 1.82) is 0 Å². The van der Waals surface area contributed by atoms with Crippen molar-refractivity contribution in [2.75, 3.05) is 5.32 Å². The van der Waals surface area contributed by atoms with Gasteiger partial charge in [-0.05, 0) is 30.0 Å². The Morgan fingerprint density at radius 3 is 2.77 bits per heavy atom. The van der Waals surface area contributed by atoms with E-state index in [0.717, 1.165) is 0 Å². The second kappa shape index (κ2) is 8.63. The SMILES string of the molecule is CC(CC(=O)C(F)F)c1c(F)c(Cl)c(-c2ccn3nc(NC(=O)[C@@H]4C[C@@H]4F)cc3c2)c2cn[nH]c12. The number of nitrogens with one attached hydrogen (secondary N) is 2. The van der Waals surface area contributed by atoms with Gasteiger partial charge in [0.05, 0.1) is 28.2 Å². The van der Waals surface area contributed by atoms with Crippen LogP contribution in [0, 0.1) is 11.7 Å². The van der Waals surface area contributed by atoms with E-state index in [4.69, 9.17) is 11.6 Å². The Kier molecular flexibility index (Phi) is 5.74. The van der Waals surface area contributed by atoms with E-state index in [2.05, 4.69) is 20.6 Å². The third-order valence-corrected chi connectivity index (χ3v) is 6.48. The zero-order chi connectivity index (χ0) is 25.0. The van der Waals surface area contributed by atoms with Crippen LogP contribution in [0.4, 0.5) is 23.4 Å². The number of Topliss-reactive ketones (excluding diaryl/α,β-unsaturated/α-hetero) is 1. The molecule has 3 heterocycles. The molecule has 1 fully saturated rings. The highest BCUT2D eigenvalue weighted by atomic mass is 35.5. The standard InChI is InChI=1S/C23H18ClF4N5O2/c1-9(4-15(34)22(27)28)17-20(26)19(24)18(13-8-29-31-21(13)17)10-2-3-33-11(5-10)6-16(32-33)30-23(35)12-7-14(12)25/h2-3,5-6,8-9,12,14,22H,4,7H2,1H3,(H,29,31)(H,30,32,35)/t9?,12-,14+/m1/s1. The molecule has 1 aliphatic carbocycles. The van der Waals surface area contributed by atoms with Crippen molar-refractivity contribution >= 4 is 45.5 Å². The predicted molar refractivity (Wildman–Crippen MR) is 121 cm³/mol. The third kappa shape index (κ3) is 4.13. The summed E-state index contributed by atoms with van der Waals surface area (Å²) in [5.41, 5.74) is 1.64. The number of rotatable bonds is 7. The lowest BCUT2D eigenvalue weighted by atomic mass is 9.90. The van der Waals surface area contributed by atoms with Crippen LogP contribution in [-0.4, -0.2) is 44.1 Å². The number of aromatic amines is 1. The quantitative estimate of drug-likeness (QED) is 0.332. The predicted octanol–water partition coefficient (Wildman–Crippen LogP) is 5.29. The number of benzene rings is 1. The second-order valence-electron chi connectivity index (χ2n) is 8.61. The molecule has 1 aliphatic rings. The number of carbonyl (C=O) groups is 2. The number of halogens is 5. The van der Waals surface area contributed by atoms with E-state index in [-0.39, 0.29) is 28.3 Å². The largest absolute Gasteiger partial charge is 0.309 e. The summed E-state index contributed by atoms with van der Waals surface area (Å²) in [5.74, 6) is -3.86. The van der Waals surface area contributed by atoms with Gasteiger partial charge in [0.1, 0.15) is 12.0 Å². The zero-order valence-electron chi connectivity index (χ0n) is 18.2. The van der Waals surface area contributed by atoms with E-state index in [1.54, 1.807) is 24.4 Å². The molecular formula is C23H18ClF4N5O2. The molecule has 3 aromatic heterocycles. The molecule has 2 N–H and O–H groups in total. The fourth-order valence-electron chi connectivity index (χ4n) is 4.24. The van der Waals surface area contributed by atoms with Crippen molar-refractivity contribution in [2.24, 2.45) is 5.92 Å². The fraction of sp³-hybridized carbons (Fsp3) is 0.304. The van der Waals surface area contributed by atoms with E-state index in [9.17, 15) is 22.8 Å². The van der Waals surface area contributed by atoms with Gasteiger partial charge in [0.25, 0.3) is 6.43 Å². The first-order valence-corrected chi connectivity index (χ1v) is 11.1. The Balaban J connectivity index is 1.54. The number of amides is 1. The summed E-state index contributed by atoms with van der Waals surface area (Å²) in [5, 5.41) is 13.7. The Hall–Kier alpha value is -3.47. The maximum atomic E-state index is 15.5. The van der Waals surface area contributed by atoms with Crippen LogP contribution in [0.5, 0.6) is 0 Å². The summed E-state index contributed by atoms with van der Waals surface area (Å²) in [6.45, 7) is 1.47.